The van der Waals surface area contributed by atoms with Gasteiger partial charge < -0.3 is 14.4 Å². The first-order valence-electron chi connectivity index (χ1n) is 14.6. The number of halogens is 6. The number of amides is 1. The Morgan fingerprint density at radius 2 is 1.59 bits per heavy atom. The van der Waals surface area contributed by atoms with Gasteiger partial charge in [-0.1, -0.05) is 30.4 Å². The molecule has 2 aromatic carbocycles. The van der Waals surface area contributed by atoms with Crippen molar-refractivity contribution in [1.82, 2.24) is 14.7 Å². The SMILES string of the molecule is COC[C@@H]1COCCN1C/C=C/CN1CCN(C(=O)c2cc(C(F)(F)F)cc(C(F)(F)F)c2)[C@H](Cc2ccc(C)c(C)c2)C1. The van der Waals surface area contributed by atoms with Crippen molar-refractivity contribution in [1.29, 1.82) is 0 Å². The van der Waals surface area contributed by atoms with Crippen molar-refractivity contribution in [2.75, 3.05) is 66.2 Å². The van der Waals surface area contributed by atoms with Gasteiger partial charge >= 0.3 is 12.4 Å². The van der Waals surface area contributed by atoms with Crippen LogP contribution in [-0.4, -0.2) is 98.9 Å². The lowest BCUT2D eigenvalue weighted by atomic mass is 9.97. The number of nitrogens with zero attached hydrogens (tertiary/aromatic N) is 3. The summed E-state index contributed by atoms with van der Waals surface area (Å²) < 4.78 is 92.0. The summed E-state index contributed by atoms with van der Waals surface area (Å²) in [5.74, 6) is -0.845. The van der Waals surface area contributed by atoms with Gasteiger partial charge in [-0.3, -0.25) is 14.6 Å². The lowest BCUT2D eigenvalue weighted by molar-refractivity contribution is -0.143. The van der Waals surface area contributed by atoms with Crippen LogP contribution < -0.4 is 0 Å². The third-order valence-corrected chi connectivity index (χ3v) is 8.28. The first-order valence-corrected chi connectivity index (χ1v) is 14.6. The van der Waals surface area contributed by atoms with E-state index in [0.29, 0.717) is 58.0 Å². The number of ether oxygens (including phenoxy) is 2. The fourth-order valence-corrected chi connectivity index (χ4v) is 5.68. The molecule has 0 N–H and O–H groups in total. The molecule has 12 heteroatoms. The monoisotopic (exact) mass is 627 g/mol. The zero-order chi connectivity index (χ0) is 32.1. The number of carbonyl (C=O) groups is 1. The predicted octanol–water partition coefficient (Wildman–Crippen LogP) is 5.61. The Kier molecular flexibility index (Phi) is 11.1. The van der Waals surface area contributed by atoms with Crippen LogP contribution in [0, 0.1) is 13.8 Å². The molecule has 0 radical (unpaired) electrons. The van der Waals surface area contributed by atoms with Gasteiger partial charge in [0.2, 0.25) is 0 Å². The molecule has 2 aliphatic heterocycles. The van der Waals surface area contributed by atoms with Crippen LogP contribution in [0.4, 0.5) is 26.3 Å². The van der Waals surface area contributed by atoms with E-state index in [1.165, 1.54) is 4.90 Å². The van der Waals surface area contributed by atoms with Gasteiger partial charge in [0, 0.05) is 58.0 Å². The van der Waals surface area contributed by atoms with Gasteiger partial charge in [0.1, 0.15) is 0 Å². The zero-order valence-electron chi connectivity index (χ0n) is 25.2. The molecule has 0 bridgehead atoms. The van der Waals surface area contributed by atoms with Crippen LogP contribution >= 0.6 is 0 Å². The first-order chi connectivity index (χ1) is 20.8. The van der Waals surface area contributed by atoms with E-state index in [1.807, 2.05) is 38.1 Å². The lowest BCUT2D eigenvalue weighted by Gasteiger charge is -2.41. The molecule has 4 rings (SSSR count). The first kappa shape index (κ1) is 34.0. The minimum Gasteiger partial charge on any atom is -0.383 e. The van der Waals surface area contributed by atoms with Crippen LogP contribution in [0.5, 0.6) is 0 Å². The second kappa shape index (κ2) is 14.4. The molecule has 2 aliphatic rings. The number of piperazine rings is 1. The molecular weight excluding hydrogens is 588 g/mol. The number of benzene rings is 2. The highest BCUT2D eigenvalue weighted by molar-refractivity contribution is 5.95. The second-order valence-electron chi connectivity index (χ2n) is 11.5. The molecular formula is C32H39F6N3O3. The third kappa shape index (κ3) is 8.83. The van der Waals surface area contributed by atoms with Crippen LogP contribution in [0.1, 0.15) is 38.2 Å². The molecule has 2 fully saturated rings. The van der Waals surface area contributed by atoms with Crippen molar-refractivity contribution in [2.45, 2.75) is 44.7 Å². The van der Waals surface area contributed by atoms with Crippen LogP contribution in [0.2, 0.25) is 0 Å². The highest BCUT2D eigenvalue weighted by Crippen LogP contribution is 2.37. The minimum absolute atomic E-state index is 0.0437. The average molecular weight is 628 g/mol. The van der Waals surface area contributed by atoms with Gasteiger partial charge in [0.15, 0.2) is 0 Å². The van der Waals surface area contributed by atoms with E-state index >= 15 is 0 Å². The maximum absolute atomic E-state index is 13.6. The minimum atomic E-state index is -5.04. The van der Waals surface area contributed by atoms with Gasteiger partial charge in [-0.15, -0.1) is 0 Å². The van der Waals surface area contributed by atoms with E-state index in [2.05, 4.69) is 15.9 Å². The lowest BCUT2D eigenvalue weighted by Crippen LogP contribution is -2.56. The summed E-state index contributed by atoms with van der Waals surface area (Å²) in [7, 11) is 1.66. The van der Waals surface area contributed by atoms with Crippen LogP contribution in [0.15, 0.2) is 48.6 Å². The maximum atomic E-state index is 13.6. The number of methoxy groups -OCH3 is 1. The topological polar surface area (TPSA) is 45.3 Å². The Labute approximate surface area is 254 Å². The molecule has 2 saturated heterocycles. The fourth-order valence-electron chi connectivity index (χ4n) is 5.68. The molecule has 0 aliphatic carbocycles. The summed E-state index contributed by atoms with van der Waals surface area (Å²) in [5, 5.41) is 0. The molecule has 6 nitrogen and oxygen atoms in total. The highest BCUT2D eigenvalue weighted by atomic mass is 19.4. The summed E-state index contributed by atoms with van der Waals surface area (Å²) in [6.07, 6.45) is -5.54. The third-order valence-electron chi connectivity index (χ3n) is 8.28. The van der Waals surface area contributed by atoms with Gasteiger partial charge in [0.05, 0.1) is 37.0 Å². The van der Waals surface area contributed by atoms with Crippen LogP contribution in [0.3, 0.4) is 0 Å². The number of carbonyl (C=O) groups excluding carboxylic acids is 1. The van der Waals surface area contributed by atoms with E-state index in [0.717, 1.165) is 29.8 Å². The van der Waals surface area contributed by atoms with Crippen molar-refractivity contribution in [3.8, 4) is 0 Å². The highest BCUT2D eigenvalue weighted by Gasteiger charge is 2.39. The molecule has 242 valence electrons. The van der Waals surface area contributed by atoms with E-state index in [9.17, 15) is 31.1 Å². The van der Waals surface area contributed by atoms with E-state index in [4.69, 9.17) is 9.47 Å². The molecule has 2 aromatic rings. The summed E-state index contributed by atoms with van der Waals surface area (Å²) >= 11 is 0. The number of aryl methyl sites for hydroxylation is 2. The molecule has 0 aromatic heterocycles. The van der Waals surface area contributed by atoms with Gasteiger partial charge in [-0.2, -0.15) is 26.3 Å². The summed E-state index contributed by atoms with van der Waals surface area (Å²) in [4.78, 5) is 19.5. The Morgan fingerprint density at radius 3 is 2.23 bits per heavy atom. The summed E-state index contributed by atoms with van der Waals surface area (Å²) in [6.45, 7) is 8.88. The van der Waals surface area contributed by atoms with Gasteiger partial charge in [-0.25, -0.2) is 0 Å². The number of rotatable bonds is 9. The number of morpholine rings is 1. The smallest absolute Gasteiger partial charge is 0.383 e. The molecule has 1 amide bonds. The largest absolute Gasteiger partial charge is 0.416 e. The van der Waals surface area contributed by atoms with Gasteiger partial charge in [-0.05, 0) is 55.2 Å². The molecule has 44 heavy (non-hydrogen) atoms. The van der Waals surface area contributed by atoms with Crippen molar-refractivity contribution in [2.24, 2.45) is 0 Å². The Morgan fingerprint density at radius 1 is 0.909 bits per heavy atom. The molecule has 2 heterocycles. The molecule has 2 atom stereocenters. The van der Waals surface area contributed by atoms with Crippen molar-refractivity contribution >= 4 is 5.91 Å². The van der Waals surface area contributed by atoms with E-state index in [1.54, 1.807) is 7.11 Å². The summed E-state index contributed by atoms with van der Waals surface area (Å²) in [5.41, 5.74) is -0.546. The Hall–Kier alpha value is -2.93. The summed E-state index contributed by atoms with van der Waals surface area (Å²) in [6, 6.07) is 6.69. The van der Waals surface area contributed by atoms with Gasteiger partial charge in [0.25, 0.3) is 5.91 Å². The van der Waals surface area contributed by atoms with Crippen molar-refractivity contribution in [3.05, 3.63) is 81.9 Å². The zero-order valence-corrected chi connectivity index (χ0v) is 25.2. The molecule has 0 spiro atoms. The fraction of sp³-hybridized carbons (Fsp3) is 0.531. The Bertz CT molecular complexity index is 1280. The predicted molar refractivity (Wildman–Crippen MR) is 155 cm³/mol. The molecule has 0 saturated carbocycles. The van der Waals surface area contributed by atoms with Crippen molar-refractivity contribution in [3.63, 3.8) is 0 Å². The normalized spacial score (nSPS) is 20.9. The number of alkyl halides is 6. The Balaban J connectivity index is 1.53. The second-order valence-corrected chi connectivity index (χ2v) is 11.5. The van der Waals surface area contributed by atoms with E-state index < -0.39 is 41.0 Å². The van der Waals surface area contributed by atoms with E-state index in [-0.39, 0.29) is 18.7 Å². The van der Waals surface area contributed by atoms with Crippen LogP contribution in [0.25, 0.3) is 0 Å². The quantitative estimate of drug-likeness (QED) is 0.267. The van der Waals surface area contributed by atoms with Crippen LogP contribution in [-0.2, 0) is 28.2 Å². The van der Waals surface area contributed by atoms with Crippen molar-refractivity contribution < 1.29 is 40.6 Å². The standard InChI is InChI=1S/C32H39F6N3O3/c1-22-6-7-24(14-23(22)2)15-28-19-39(8-4-5-9-40-12-13-44-21-29(40)20-43-3)10-11-41(28)30(42)25-16-26(31(33,34)35)18-27(17-25)32(36,37)38/h4-7,14,16-18,28-29H,8-13,15,19-21H2,1-3H3/b5-4+/t28-,29-/m1/s1. The maximum Gasteiger partial charge on any atom is 0.416 e. The average Bonchev–Trinajstić information content (AvgIpc) is 2.97. The molecule has 0 unspecified atom stereocenters. The number of hydrogen-bond donors (Lipinski definition) is 0. The number of hydrogen-bond acceptors (Lipinski definition) is 5.